The van der Waals surface area contributed by atoms with Crippen LogP contribution in [0.15, 0.2) is 36.0 Å². The van der Waals surface area contributed by atoms with Gasteiger partial charge in [0.25, 0.3) is 0 Å². The summed E-state index contributed by atoms with van der Waals surface area (Å²) in [6.07, 6.45) is 11.9. The number of aliphatic hydroxyl groups is 1. The highest BCUT2D eigenvalue weighted by atomic mass is 16.5. The fourth-order valence-corrected chi connectivity index (χ4v) is 4.15. The van der Waals surface area contributed by atoms with Crippen molar-refractivity contribution in [3.05, 3.63) is 36.0 Å². The molecule has 2 aliphatic carbocycles. The minimum absolute atomic E-state index is 0.0319. The second-order valence-electron chi connectivity index (χ2n) is 8.70. The number of fused-ring (bicyclic) bond motifs is 1. The van der Waals surface area contributed by atoms with Crippen LogP contribution in [0.2, 0.25) is 0 Å². The third-order valence-electron chi connectivity index (χ3n) is 6.55. The van der Waals surface area contributed by atoms with Crippen LogP contribution in [0.25, 0.3) is 0 Å². The average molecular weight is 361 g/mol. The Kier molecular flexibility index (Phi) is 7.28. The molecule has 26 heavy (non-hydrogen) atoms. The summed E-state index contributed by atoms with van der Waals surface area (Å²) in [5, 5.41) is 9.85. The van der Waals surface area contributed by atoms with E-state index in [2.05, 4.69) is 59.8 Å². The van der Waals surface area contributed by atoms with Crippen LogP contribution in [0.3, 0.4) is 0 Å². The van der Waals surface area contributed by atoms with E-state index < -0.39 is 0 Å². The Balaban J connectivity index is 0.000000189. The molecule has 8 atom stereocenters. The molecule has 0 spiro atoms. The molecule has 0 bridgehead atoms. The molecule has 3 rings (SSSR count). The third kappa shape index (κ3) is 5.09. The summed E-state index contributed by atoms with van der Waals surface area (Å²) in [4.78, 5) is 11.0. The zero-order chi connectivity index (χ0) is 19.4. The highest BCUT2D eigenvalue weighted by Gasteiger charge is 2.40. The molecule has 0 saturated carbocycles. The SMILES string of the molecule is CC(C)=CC[C@@H]1C(O)C=CC(C)[C@@H]1C.CC1C=CC2OC(=O)C[C@H]2[C@H]1C. The van der Waals surface area contributed by atoms with Crippen molar-refractivity contribution in [2.45, 2.75) is 66.6 Å². The van der Waals surface area contributed by atoms with Crippen molar-refractivity contribution in [3.63, 3.8) is 0 Å². The number of carbonyl (C=O) groups excluding carboxylic acids is 1. The molecular formula is C23H36O3. The molecule has 3 heteroatoms. The van der Waals surface area contributed by atoms with E-state index >= 15 is 0 Å². The van der Waals surface area contributed by atoms with Crippen LogP contribution >= 0.6 is 0 Å². The Labute approximate surface area is 159 Å². The van der Waals surface area contributed by atoms with Crippen molar-refractivity contribution < 1.29 is 14.6 Å². The molecule has 0 aromatic carbocycles. The molecule has 1 saturated heterocycles. The van der Waals surface area contributed by atoms with Gasteiger partial charge in [-0.15, -0.1) is 0 Å². The lowest BCUT2D eigenvalue weighted by molar-refractivity contribution is -0.140. The van der Waals surface area contributed by atoms with Crippen LogP contribution < -0.4 is 0 Å². The zero-order valence-electron chi connectivity index (χ0n) is 17.2. The van der Waals surface area contributed by atoms with Gasteiger partial charge in [0.1, 0.15) is 6.10 Å². The first-order chi connectivity index (χ1) is 12.2. The van der Waals surface area contributed by atoms with Gasteiger partial charge in [-0.2, -0.15) is 0 Å². The monoisotopic (exact) mass is 360 g/mol. The summed E-state index contributed by atoms with van der Waals surface area (Å²) >= 11 is 0. The molecule has 4 unspecified atom stereocenters. The maximum atomic E-state index is 11.0. The maximum Gasteiger partial charge on any atom is 0.306 e. The van der Waals surface area contributed by atoms with Gasteiger partial charge in [0.15, 0.2) is 0 Å². The lowest BCUT2D eigenvalue weighted by Crippen LogP contribution is -2.31. The molecule has 1 fully saturated rings. The first-order valence-electron chi connectivity index (χ1n) is 10.1. The van der Waals surface area contributed by atoms with E-state index in [0.29, 0.717) is 41.9 Å². The summed E-state index contributed by atoms with van der Waals surface area (Å²) < 4.78 is 5.16. The van der Waals surface area contributed by atoms with Gasteiger partial charge in [-0.1, -0.05) is 57.6 Å². The van der Waals surface area contributed by atoms with Crippen LogP contribution in [0.5, 0.6) is 0 Å². The van der Waals surface area contributed by atoms with Gasteiger partial charge in [-0.25, -0.2) is 0 Å². The van der Waals surface area contributed by atoms with Crippen molar-refractivity contribution in [2.24, 2.45) is 35.5 Å². The standard InChI is InChI=1S/C13H22O.C10H14O2/c1-9(2)5-7-12-11(4)10(3)6-8-13(12)14;1-6-3-4-9-8(7(6)2)5-10(11)12-9/h5-6,8,10-14H,7H2,1-4H3;3-4,6-9H,5H2,1-2H3/t10?,11-,12-,13?;6?,7-,8-,9?/m00/s1. The number of hydrogen-bond acceptors (Lipinski definition) is 3. The van der Waals surface area contributed by atoms with Gasteiger partial charge in [0.05, 0.1) is 12.5 Å². The molecule has 146 valence electrons. The van der Waals surface area contributed by atoms with Crippen molar-refractivity contribution >= 4 is 5.97 Å². The number of carbonyl (C=O) groups is 1. The smallest absolute Gasteiger partial charge is 0.306 e. The van der Waals surface area contributed by atoms with Crippen LogP contribution in [-0.2, 0) is 9.53 Å². The third-order valence-corrected chi connectivity index (χ3v) is 6.55. The van der Waals surface area contributed by atoms with Gasteiger partial charge in [-0.3, -0.25) is 4.79 Å². The van der Waals surface area contributed by atoms with Crippen molar-refractivity contribution in [1.82, 2.24) is 0 Å². The number of rotatable bonds is 2. The summed E-state index contributed by atoms with van der Waals surface area (Å²) in [6, 6.07) is 0. The van der Waals surface area contributed by atoms with Gasteiger partial charge < -0.3 is 9.84 Å². The molecule has 0 aromatic rings. The Bertz CT molecular complexity index is 570. The first kappa shape index (κ1) is 21.0. The summed E-state index contributed by atoms with van der Waals surface area (Å²) in [7, 11) is 0. The molecule has 0 amide bonds. The Hall–Kier alpha value is -1.35. The van der Waals surface area contributed by atoms with E-state index in [1.54, 1.807) is 0 Å². The summed E-state index contributed by atoms with van der Waals surface area (Å²) in [6.45, 7) is 13.1. The Morgan fingerprint density at radius 1 is 1.08 bits per heavy atom. The van der Waals surface area contributed by atoms with Crippen LogP contribution in [-0.4, -0.2) is 23.3 Å². The minimum Gasteiger partial charge on any atom is -0.458 e. The highest BCUT2D eigenvalue weighted by molar-refractivity contribution is 5.72. The van der Waals surface area contributed by atoms with E-state index in [1.165, 1.54) is 5.57 Å². The van der Waals surface area contributed by atoms with Crippen molar-refractivity contribution in [2.75, 3.05) is 0 Å². The maximum absolute atomic E-state index is 11.0. The number of hydrogen-bond donors (Lipinski definition) is 1. The minimum atomic E-state index is -0.253. The molecule has 1 heterocycles. The quantitative estimate of drug-likeness (QED) is 0.561. The Morgan fingerprint density at radius 3 is 2.35 bits per heavy atom. The average Bonchev–Trinajstić information content (AvgIpc) is 2.96. The normalized spacial score (nSPS) is 41.0. The Morgan fingerprint density at radius 2 is 1.69 bits per heavy atom. The van der Waals surface area contributed by atoms with Crippen LogP contribution in [0.4, 0.5) is 0 Å². The largest absolute Gasteiger partial charge is 0.458 e. The van der Waals surface area contributed by atoms with E-state index in [1.807, 2.05) is 12.2 Å². The van der Waals surface area contributed by atoms with E-state index in [0.717, 1.165) is 6.42 Å². The molecule has 0 aromatic heterocycles. The lowest BCUT2D eigenvalue weighted by atomic mass is 9.74. The molecular weight excluding hydrogens is 324 g/mol. The van der Waals surface area contributed by atoms with Gasteiger partial charge in [-0.05, 0) is 55.9 Å². The van der Waals surface area contributed by atoms with Crippen LogP contribution in [0.1, 0.15) is 54.4 Å². The molecule has 3 aliphatic rings. The van der Waals surface area contributed by atoms with Crippen LogP contribution in [0, 0.1) is 35.5 Å². The predicted molar refractivity (Wildman–Crippen MR) is 106 cm³/mol. The summed E-state index contributed by atoms with van der Waals surface area (Å²) in [5.74, 6) is 3.12. The highest BCUT2D eigenvalue weighted by Crippen LogP contribution is 2.38. The number of allylic oxidation sites excluding steroid dienone is 4. The fourth-order valence-electron chi connectivity index (χ4n) is 4.15. The summed E-state index contributed by atoms with van der Waals surface area (Å²) in [5.41, 5.74) is 1.34. The fraction of sp³-hybridized carbons (Fsp3) is 0.696. The van der Waals surface area contributed by atoms with E-state index in [9.17, 15) is 9.90 Å². The van der Waals surface area contributed by atoms with Gasteiger partial charge >= 0.3 is 5.97 Å². The lowest BCUT2D eigenvalue weighted by Gasteiger charge is -2.33. The molecule has 1 N–H and O–H groups in total. The number of esters is 1. The second kappa shape index (κ2) is 9.03. The van der Waals surface area contributed by atoms with Gasteiger partial charge in [0, 0.05) is 5.92 Å². The molecule has 1 aliphatic heterocycles. The van der Waals surface area contributed by atoms with Gasteiger partial charge in [0.2, 0.25) is 0 Å². The number of aliphatic hydroxyl groups excluding tert-OH is 1. The van der Waals surface area contributed by atoms with E-state index in [4.69, 9.17) is 4.74 Å². The van der Waals surface area contributed by atoms with Crippen molar-refractivity contribution in [1.29, 1.82) is 0 Å². The van der Waals surface area contributed by atoms with Crippen molar-refractivity contribution in [3.8, 4) is 0 Å². The predicted octanol–water partition coefficient (Wildman–Crippen LogP) is 4.92. The first-order valence-corrected chi connectivity index (χ1v) is 10.1. The van der Waals surface area contributed by atoms with E-state index in [-0.39, 0.29) is 18.2 Å². The number of ether oxygens (including phenoxy) is 1. The zero-order valence-corrected chi connectivity index (χ0v) is 17.2. The topological polar surface area (TPSA) is 46.5 Å². The molecule has 0 radical (unpaired) electrons. The molecule has 3 nitrogen and oxygen atoms in total. The second-order valence-corrected chi connectivity index (χ2v) is 8.70.